The van der Waals surface area contributed by atoms with Crippen LogP contribution in [-0.2, 0) is 4.79 Å². The van der Waals surface area contributed by atoms with Crippen molar-refractivity contribution in [3.05, 3.63) is 86.7 Å². The highest BCUT2D eigenvalue weighted by atomic mass is 16.5. The van der Waals surface area contributed by atoms with Crippen LogP contribution in [-0.4, -0.2) is 29.7 Å². The Hall–Kier alpha value is -4.73. The number of carbonyl (C=O) groups excluding carboxylic acids is 1. The van der Waals surface area contributed by atoms with E-state index in [0.717, 1.165) is 0 Å². The van der Waals surface area contributed by atoms with E-state index in [4.69, 9.17) is 29.8 Å². The molecule has 1 aliphatic heterocycles. The number of benzene rings is 2. The van der Waals surface area contributed by atoms with Crippen molar-refractivity contribution in [3.63, 3.8) is 0 Å². The molecule has 1 amide bonds. The van der Waals surface area contributed by atoms with Gasteiger partial charge in [-0.15, -0.1) is 0 Å². The highest BCUT2D eigenvalue weighted by molar-refractivity contribution is 6.15. The molecule has 5 rings (SSSR count). The molecule has 172 valence electrons. The molecule has 10 heteroatoms. The largest absolute Gasteiger partial charge is 0.497 e. The number of methoxy groups -OCH3 is 2. The SMILES string of the molecule is COc1cccc(/C=c2/c(=O)oc3n2-c2oc(N)nc2[C@H](c2cccc(OC)c2)C=3C(N)=O)c1. The third-order valence-electron chi connectivity index (χ3n) is 5.58. The summed E-state index contributed by atoms with van der Waals surface area (Å²) in [5.41, 5.74) is 12.6. The van der Waals surface area contributed by atoms with E-state index in [9.17, 15) is 9.59 Å². The third kappa shape index (κ3) is 3.32. The van der Waals surface area contributed by atoms with Gasteiger partial charge in [-0.25, -0.2) is 9.36 Å². The van der Waals surface area contributed by atoms with Crippen LogP contribution in [0.1, 0.15) is 22.7 Å². The third-order valence-corrected chi connectivity index (χ3v) is 5.58. The summed E-state index contributed by atoms with van der Waals surface area (Å²) in [6.07, 6.45) is 1.59. The van der Waals surface area contributed by atoms with Crippen LogP contribution in [0.3, 0.4) is 0 Å². The Labute approximate surface area is 192 Å². The van der Waals surface area contributed by atoms with Gasteiger partial charge in [0.05, 0.1) is 25.7 Å². The molecule has 2 aromatic carbocycles. The molecule has 4 aromatic rings. The lowest BCUT2D eigenvalue weighted by Gasteiger charge is -2.21. The van der Waals surface area contributed by atoms with E-state index >= 15 is 0 Å². The molecule has 34 heavy (non-hydrogen) atoms. The van der Waals surface area contributed by atoms with Crippen LogP contribution in [0.25, 0.3) is 17.5 Å². The van der Waals surface area contributed by atoms with E-state index in [1.165, 1.54) is 11.7 Å². The molecule has 0 spiro atoms. The average molecular weight is 460 g/mol. The number of rotatable bonds is 5. The summed E-state index contributed by atoms with van der Waals surface area (Å²) in [6, 6.07) is 14.0. The van der Waals surface area contributed by atoms with Gasteiger partial charge in [0, 0.05) is 0 Å². The van der Waals surface area contributed by atoms with Crippen molar-refractivity contribution in [3.8, 4) is 17.4 Å². The molecule has 0 saturated carbocycles. The summed E-state index contributed by atoms with van der Waals surface area (Å²) < 4.78 is 23.2. The fourth-order valence-corrected chi connectivity index (χ4v) is 4.12. The molecular formula is C24H20N4O6. The number of hydrogen-bond acceptors (Lipinski definition) is 8. The maximum atomic E-state index is 13.0. The Morgan fingerprint density at radius 2 is 1.79 bits per heavy atom. The number of ether oxygens (including phenoxy) is 2. The van der Waals surface area contributed by atoms with E-state index in [-0.39, 0.29) is 28.4 Å². The number of nitrogens with zero attached hydrogens (tertiary/aromatic N) is 2. The Balaban J connectivity index is 1.87. The van der Waals surface area contributed by atoms with Gasteiger partial charge in [-0.05, 0) is 41.5 Å². The molecule has 0 radical (unpaired) electrons. The lowest BCUT2D eigenvalue weighted by Crippen LogP contribution is -2.38. The maximum absolute atomic E-state index is 13.0. The first-order valence-corrected chi connectivity index (χ1v) is 10.2. The van der Waals surface area contributed by atoms with Crippen LogP contribution < -0.4 is 37.5 Å². The second-order valence-electron chi connectivity index (χ2n) is 7.57. The topological polar surface area (TPSA) is 149 Å². The minimum Gasteiger partial charge on any atom is -0.497 e. The van der Waals surface area contributed by atoms with Crippen molar-refractivity contribution in [2.75, 3.05) is 20.0 Å². The van der Waals surface area contributed by atoms with Gasteiger partial charge in [-0.2, -0.15) is 4.98 Å². The van der Waals surface area contributed by atoms with Crippen molar-refractivity contribution in [2.24, 2.45) is 5.73 Å². The zero-order valence-corrected chi connectivity index (χ0v) is 18.3. The van der Waals surface area contributed by atoms with Gasteiger partial charge < -0.3 is 29.8 Å². The van der Waals surface area contributed by atoms with Gasteiger partial charge in [0.15, 0.2) is 0 Å². The summed E-state index contributed by atoms with van der Waals surface area (Å²) >= 11 is 0. The smallest absolute Gasteiger partial charge is 0.362 e. The van der Waals surface area contributed by atoms with Crippen molar-refractivity contribution >= 4 is 23.6 Å². The van der Waals surface area contributed by atoms with Gasteiger partial charge in [0.1, 0.15) is 22.5 Å². The Morgan fingerprint density at radius 1 is 1.09 bits per heavy atom. The van der Waals surface area contributed by atoms with Gasteiger partial charge in [-0.1, -0.05) is 24.3 Å². The number of nitrogen functional groups attached to an aromatic ring is 1. The van der Waals surface area contributed by atoms with Gasteiger partial charge >= 0.3 is 5.63 Å². The summed E-state index contributed by atoms with van der Waals surface area (Å²) in [4.78, 5) is 30.0. The first kappa shape index (κ1) is 21.1. The predicted octanol–water partition coefficient (Wildman–Crippen LogP) is 0.628. The molecule has 3 heterocycles. The first-order chi connectivity index (χ1) is 16.4. The minimum absolute atomic E-state index is 0.0384. The normalized spacial score (nSPS) is 15.1. The zero-order valence-electron chi connectivity index (χ0n) is 18.3. The van der Waals surface area contributed by atoms with Crippen LogP contribution in [0.2, 0.25) is 0 Å². The Morgan fingerprint density at radius 3 is 2.50 bits per heavy atom. The summed E-state index contributed by atoms with van der Waals surface area (Å²) in [5, 5.41) is 0.100. The zero-order chi connectivity index (χ0) is 24.0. The standard InChI is InChI=1S/C24H20N4O6/c1-31-14-7-3-5-12(9-14)10-16-23(30)33-21-18(20(25)29)17(13-6-4-8-15(11-13)32-2)19-22(28(16)21)34-24(26)27-19/h3-11,17H,1-2H3,(H2,25,29)(H2,26,27)/b16-10-/t17-/m1/s1. The van der Waals surface area contributed by atoms with Crippen LogP contribution >= 0.6 is 0 Å². The number of nitrogens with two attached hydrogens (primary N) is 2. The number of anilines is 1. The highest BCUT2D eigenvalue weighted by Gasteiger charge is 2.38. The monoisotopic (exact) mass is 460 g/mol. The molecule has 0 aliphatic carbocycles. The van der Waals surface area contributed by atoms with Crippen molar-refractivity contribution < 1.29 is 23.1 Å². The average Bonchev–Trinajstić information content (AvgIpc) is 3.37. The van der Waals surface area contributed by atoms with Gasteiger partial charge in [0.2, 0.25) is 11.4 Å². The quantitative estimate of drug-likeness (QED) is 0.440. The maximum Gasteiger partial charge on any atom is 0.362 e. The van der Waals surface area contributed by atoms with Gasteiger partial charge in [-0.3, -0.25) is 4.79 Å². The molecular weight excluding hydrogens is 440 g/mol. The van der Waals surface area contributed by atoms with Crippen LogP contribution in [0.15, 0.2) is 62.2 Å². The van der Waals surface area contributed by atoms with Gasteiger partial charge in [0.25, 0.3) is 11.9 Å². The fourth-order valence-electron chi connectivity index (χ4n) is 4.12. The van der Waals surface area contributed by atoms with Crippen LogP contribution in [0.4, 0.5) is 6.01 Å². The molecule has 4 N–H and O–H groups in total. The van der Waals surface area contributed by atoms with Crippen molar-refractivity contribution in [1.82, 2.24) is 9.55 Å². The minimum atomic E-state index is -0.793. The number of fused-ring (bicyclic) bond motifs is 3. The van der Waals surface area contributed by atoms with E-state index in [1.807, 2.05) is 0 Å². The molecule has 0 fully saturated rings. The highest BCUT2D eigenvalue weighted by Crippen LogP contribution is 2.38. The van der Waals surface area contributed by atoms with Crippen molar-refractivity contribution in [2.45, 2.75) is 5.92 Å². The van der Waals surface area contributed by atoms with E-state index in [2.05, 4.69) is 4.98 Å². The van der Waals surface area contributed by atoms with E-state index < -0.39 is 17.5 Å². The molecule has 0 saturated heterocycles. The second-order valence-corrected chi connectivity index (χ2v) is 7.57. The summed E-state index contributed by atoms with van der Waals surface area (Å²) in [5.74, 6) is -0.246. The number of oxazole rings is 2. The first-order valence-electron chi connectivity index (χ1n) is 10.2. The molecule has 0 bridgehead atoms. The van der Waals surface area contributed by atoms with Crippen LogP contribution in [0.5, 0.6) is 11.5 Å². The molecule has 1 aliphatic rings. The molecule has 0 unspecified atom stereocenters. The van der Waals surface area contributed by atoms with E-state index in [0.29, 0.717) is 28.3 Å². The fraction of sp³-hybridized carbons (Fsp3) is 0.125. The van der Waals surface area contributed by atoms with E-state index in [1.54, 1.807) is 61.7 Å². The lowest BCUT2D eigenvalue weighted by molar-refractivity contribution is -0.113. The number of carbonyl (C=O) groups is 1. The molecule has 10 nitrogen and oxygen atoms in total. The second kappa shape index (κ2) is 8.00. The Bertz CT molecular complexity index is 1610. The number of hydrogen-bond donors (Lipinski definition) is 2. The lowest BCUT2D eigenvalue weighted by atomic mass is 9.86. The summed E-state index contributed by atoms with van der Waals surface area (Å²) in [7, 11) is 3.08. The molecule has 1 atom stereocenters. The number of amides is 1. The van der Waals surface area contributed by atoms with Crippen molar-refractivity contribution in [1.29, 1.82) is 0 Å². The summed E-state index contributed by atoms with van der Waals surface area (Å²) in [6.45, 7) is 0. The van der Waals surface area contributed by atoms with Crippen LogP contribution in [0, 0.1) is 0 Å². The molecule has 2 aromatic heterocycles. The predicted molar refractivity (Wildman–Crippen MR) is 122 cm³/mol. The Kier molecular flexibility index (Phi) is 4.97. The number of primary amides is 1. The number of aromatic nitrogens is 2.